The zero-order chi connectivity index (χ0) is 11.4. The average molecular weight is 274 g/mol. The van der Waals surface area contributed by atoms with E-state index < -0.39 is 18.1 Å². The third-order valence-corrected chi connectivity index (χ3v) is 2.57. The van der Waals surface area contributed by atoms with Gasteiger partial charge >= 0.3 is 5.97 Å². The molecule has 5 heteroatoms. The van der Waals surface area contributed by atoms with E-state index in [1.54, 1.807) is 0 Å². The summed E-state index contributed by atoms with van der Waals surface area (Å²) in [6, 6.07) is 6.56. The van der Waals surface area contributed by atoms with Crippen molar-refractivity contribution >= 4 is 21.9 Å². The lowest BCUT2D eigenvalue weighted by molar-refractivity contribution is -0.147. The van der Waals surface area contributed by atoms with E-state index >= 15 is 0 Å². The number of rotatable bonds is 4. The highest BCUT2D eigenvalue weighted by molar-refractivity contribution is 9.10. The topological polar surface area (TPSA) is 83.5 Å². The largest absolute Gasteiger partial charge is 0.479 e. The van der Waals surface area contributed by atoms with Gasteiger partial charge in [0.1, 0.15) is 0 Å². The Hall–Kier alpha value is -0.910. The normalized spacial score (nSPS) is 14.6. The van der Waals surface area contributed by atoms with Crippen LogP contribution in [-0.2, 0) is 11.2 Å². The van der Waals surface area contributed by atoms with Crippen LogP contribution in [0.4, 0.5) is 0 Å². The van der Waals surface area contributed by atoms with Crippen LogP contribution in [-0.4, -0.2) is 28.3 Å². The number of aliphatic hydroxyl groups is 1. The zero-order valence-corrected chi connectivity index (χ0v) is 9.52. The Morgan fingerprint density at radius 1 is 1.40 bits per heavy atom. The second-order valence-electron chi connectivity index (χ2n) is 3.28. The summed E-state index contributed by atoms with van der Waals surface area (Å²) < 4.78 is 0.943. The molecule has 0 saturated heterocycles. The van der Waals surface area contributed by atoms with Crippen molar-refractivity contribution in [3.63, 3.8) is 0 Å². The molecule has 0 amide bonds. The average Bonchev–Trinajstić information content (AvgIpc) is 2.20. The van der Waals surface area contributed by atoms with E-state index in [9.17, 15) is 9.90 Å². The molecule has 0 radical (unpaired) electrons. The van der Waals surface area contributed by atoms with Crippen molar-refractivity contribution in [3.8, 4) is 0 Å². The fraction of sp³-hybridized carbons (Fsp3) is 0.300. The summed E-state index contributed by atoms with van der Waals surface area (Å²) in [6.07, 6.45) is -1.19. The molecule has 0 aliphatic carbocycles. The number of hydrogen-bond donors (Lipinski definition) is 3. The van der Waals surface area contributed by atoms with Gasteiger partial charge in [0.2, 0.25) is 0 Å². The molecule has 0 aliphatic rings. The van der Waals surface area contributed by atoms with Gasteiger partial charge in [0.25, 0.3) is 0 Å². The minimum Gasteiger partial charge on any atom is -0.479 e. The molecule has 1 aromatic carbocycles. The number of carbonyl (C=O) groups is 1. The van der Waals surface area contributed by atoms with Gasteiger partial charge < -0.3 is 15.9 Å². The number of hydrogen-bond acceptors (Lipinski definition) is 3. The molecule has 1 aromatic rings. The van der Waals surface area contributed by atoms with E-state index in [1.165, 1.54) is 0 Å². The summed E-state index contributed by atoms with van der Waals surface area (Å²) in [4.78, 5) is 10.4. The van der Waals surface area contributed by atoms with Crippen LogP contribution < -0.4 is 5.73 Å². The van der Waals surface area contributed by atoms with Crippen LogP contribution in [0.1, 0.15) is 5.56 Å². The first kappa shape index (κ1) is 12.2. The van der Waals surface area contributed by atoms with E-state index in [2.05, 4.69) is 15.9 Å². The van der Waals surface area contributed by atoms with Gasteiger partial charge in [0.15, 0.2) is 6.10 Å². The SMILES string of the molecule is NC(Cc1ccc(Br)cc1)[C@@H](O)C(=O)O. The monoisotopic (exact) mass is 273 g/mol. The van der Waals surface area contributed by atoms with E-state index in [4.69, 9.17) is 10.8 Å². The third kappa shape index (κ3) is 3.62. The first-order valence-electron chi connectivity index (χ1n) is 4.41. The van der Waals surface area contributed by atoms with E-state index in [-0.39, 0.29) is 0 Å². The van der Waals surface area contributed by atoms with Gasteiger partial charge in [-0.2, -0.15) is 0 Å². The molecule has 1 unspecified atom stereocenters. The maximum atomic E-state index is 10.4. The van der Waals surface area contributed by atoms with E-state index in [0.29, 0.717) is 6.42 Å². The zero-order valence-electron chi connectivity index (χ0n) is 7.93. The van der Waals surface area contributed by atoms with Gasteiger partial charge in [-0.1, -0.05) is 28.1 Å². The van der Waals surface area contributed by atoms with Crippen molar-refractivity contribution in [2.75, 3.05) is 0 Å². The summed E-state index contributed by atoms with van der Waals surface area (Å²) >= 11 is 3.29. The number of carboxylic acids is 1. The summed E-state index contributed by atoms with van der Waals surface area (Å²) in [5.41, 5.74) is 6.44. The van der Waals surface area contributed by atoms with Gasteiger partial charge in [-0.25, -0.2) is 4.79 Å². The van der Waals surface area contributed by atoms with Crippen LogP contribution in [0.5, 0.6) is 0 Å². The van der Waals surface area contributed by atoms with Gasteiger partial charge in [-0.05, 0) is 24.1 Å². The molecular weight excluding hydrogens is 262 g/mol. The van der Waals surface area contributed by atoms with Gasteiger partial charge in [0, 0.05) is 10.5 Å². The fourth-order valence-electron chi connectivity index (χ4n) is 1.19. The van der Waals surface area contributed by atoms with Crippen molar-refractivity contribution in [1.82, 2.24) is 0 Å². The van der Waals surface area contributed by atoms with Crippen LogP contribution in [0.15, 0.2) is 28.7 Å². The second kappa shape index (κ2) is 5.25. The molecule has 4 N–H and O–H groups in total. The van der Waals surface area contributed by atoms with Crippen molar-refractivity contribution < 1.29 is 15.0 Å². The number of carboxylic acid groups (broad SMARTS) is 1. The van der Waals surface area contributed by atoms with Gasteiger partial charge in [0.05, 0.1) is 0 Å². The second-order valence-corrected chi connectivity index (χ2v) is 4.19. The number of halogens is 1. The number of nitrogens with two attached hydrogens (primary N) is 1. The predicted molar refractivity (Wildman–Crippen MR) is 59.5 cm³/mol. The number of benzene rings is 1. The van der Waals surface area contributed by atoms with Crippen molar-refractivity contribution in [2.24, 2.45) is 5.73 Å². The Bertz CT molecular complexity index is 339. The molecule has 2 atom stereocenters. The third-order valence-electron chi connectivity index (χ3n) is 2.04. The quantitative estimate of drug-likeness (QED) is 0.757. The highest BCUT2D eigenvalue weighted by Gasteiger charge is 2.21. The minimum atomic E-state index is -1.52. The molecule has 4 nitrogen and oxygen atoms in total. The van der Waals surface area contributed by atoms with Crippen molar-refractivity contribution in [2.45, 2.75) is 18.6 Å². The molecule has 0 fully saturated rings. The van der Waals surface area contributed by atoms with E-state index in [0.717, 1.165) is 10.0 Å². The van der Waals surface area contributed by atoms with Gasteiger partial charge in [-0.15, -0.1) is 0 Å². The minimum absolute atomic E-state index is 0.334. The summed E-state index contributed by atoms with van der Waals surface area (Å²) in [7, 11) is 0. The highest BCUT2D eigenvalue weighted by atomic mass is 79.9. The summed E-state index contributed by atoms with van der Waals surface area (Å²) in [5.74, 6) is -1.29. The lowest BCUT2D eigenvalue weighted by Crippen LogP contribution is -2.41. The summed E-state index contributed by atoms with van der Waals surface area (Å²) in [5, 5.41) is 17.7. The van der Waals surface area contributed by atoms with Gasteiger partial charge in [-0.3, -0.25) is 0 Å². The van der Waals surface area contributed by atoms with E-state index in [1.807, 2.05) is 24.3 Å². The molecule has 0 aliphatic heterocycles. The van der Waals surface area contributed by atoms with Crippen molar-refractivity contribution in [1.29, 1.82) is 0 Å². The maximum Gasteiger partial charge on any atom is 0.334 e. The molecule has 82 valence electrons. The Labute approximate surface area is 95.8 Å². The molecule has 0 spiro atoms. The summed E-state index contributed by atoms with van der Waals surface area (Å²) in [6.45, 7) is 0. The smallest absolute Gasteiger partial charge is 0.334 e. The van der Waals surface area contributed by atoms with Crippen LogP contribution in [0.3, 0.4) is 0 Å². The molecule has 0 heterocycles. The predicted octanol–water partition coefficient (Wildman–Crippen LogP) is 0.764. The molecular formula is C10H12BrNO3. The van der Waals surface area contributed by atoms with Crippen LogP contribution in [0.25, 0.3) is 0 Å². The van der Waals surface area contributed by atoms with Crippen LogP contribution >= 0.6 is 15.9 Å². The molecule has 0 bridgehead atoms. The fourth-order valence-corrected chi connectivity index (χ4v) is 1.45. The molecule has 0 saturated carbocycles. The Balaban J connectivity index is 2.62. The molecule has 15 heavy (non-hydrogen) atoms. The lowest BCUT2D eigenvalue weighted by Gasteiger charge is -2.14. The maximum absolute atomic E-state index is 10.4. The van der Waals surface area contributed by atoms with Crippen LogP contribution in [0.2, 0.25) is 0 Å². The Morgan fingerprint density at radius 2 is 1.93 bits per heavy atom. The van der Waals surface area contributed by atoms with Crippen LogP contribution in [0, 0.1) is 0 Å². The Morgan fingerprint density at radius 3 is 2.40 bits per heavy atom. The highest BCUT2D eigenvalue weighted by Crippen LogP contribution is 2.12. The first-order chi connectivity index (χ1) is 7.00. The number of aliphatic hydroxyl groups excluding tert-OH is 1. The lowest BCUT2D eigenvalue weighted by atomic mass is 10.0. The molecule has 0 aromatic heterocycles. The standard InChI is InChI=1S/C10H12BrNO3/c11-7-3-1-6(2-4-7)5-8(12)9(13)10(14)15/h1-4,8-9,13H,5,12H2,(H,14,15)/t8?,9-/m1/s1. The van der Waals surface area contributed by atoms with Crippen molar-refractivity contribution in [3.05, 3.63) is 34.3 Å². The first-order valence-corrected chi connectivity index (χ1v) is 5.21. The molecule has 1 rings (SSSR count). The number of aliphatic carboxylic acids is 1. The Kier molecular flexibility index (Phi) is 4.26.